The van der Waals surface area contributed by atoms with Gasteiger partial charge in [0.2, 0.25) is 0 Å². The first-order chi connectivity index (χ1) is 49.8. The van der Waals surface area contributed by atoms with Gasteiger partial charge in [0.25, 0.3) is 0 Å². The van der Waals surface area contributed by atoms with Gasteiger partial charge in [0.15, 0.2) is 0 Å². The number of halogens is 2. The van der Waals surface area contributed by atoms with Crippen LogP contribution in [0.3, 0.4) is 0 Å². The van der Waals surface area contributed by atoms with Crippen molar-refractivity contribution in [2.24, 2.45) is 0 Å². The Morgan fingerprint density at radius 3 is 0.765 bits per heavy atom. The molecule has 0 spiro atoms. The summed E-state index contributed by atoms with van der Waals surface area (Å²) >= 11 is 14.1. The third-order valence-corrected chi connectivity index (χ3v) is 28.4. The molecule has 0 aliphatic heterocycles. The van der Waals surface area contributed by atoms with E-state index in [4.69, 9.17) is 28.2 Å². The fourth-order valence-electron chi connectivity index (χ4n) is 12.0. The van der Waals surface area contributed by atoms with Gasteiger partial charge in [-0.2, -0.15) is 5.26 Å². The molecule has 14 aromatic carbocycles. The second-order valence-electron chi connectivity index (χ2n) is 23.7. The Morgan fingerprint density at radius 2 is 0.549 bits per heavy atom. The molecule has 1 heterocycles. The van der Waals surface area contributed by atoms with Crippen LogP contribution in [0.25, 0.3) is 11.3 Å². The summed E-state index contributed by atoms with van der Waals surface area (Å²) in [6.45, 7) is 2.06. The summed E-state index contributed by atoms with van der Waals surface area (Å²) in [5, 5.41) is 28.5. The summed E-state index contributed by atoms with van der Waals surface area (Å²) < 4.78 is 0. The molecule has 0 saturated heterocycles. The van der Waals surface area contributed by atoms with Gasteiger partial charge in [0, 0.05) is 41.3 Å². The fraction of sp³-hybridized carbons (Fsp3) is 0.0435. The predicted octanol–water partition coefficient (Wildman–Crippen LogP) is 20.2. The Hall–Kier alpha value is -8.84. The van der Waals surface area contributed by atoms with Gasteiger partial charge >= 0.3 is 0 Å². The molecule has 0 amide bonds. The second kappa shape index (κ2) is 38.4. The van der Waals surface area contributed by atoms with E-state index in [1.54, 1.807) is 17.4 Å². The topological polar surface area (TPSA) is 36.7 Å². The zero-order chi connectivity index (χ0) is 69.3. The molecule has 0 radical (unpaired) electrons. The smallest absolute Gasteiger partial charge is 0.104 e. The Morgan fingerprint density at radius 1 is 0.324 bits per heavy atom. The van der Waals surface area contributed by atoms with Gasteiger partial charge in [0.1, 0.15) is 5.01 Å². The third-order valence-electron chi connectivity index (χ3n) is 16.9. The Kier molecular flexibility index (Phi) is 28.0. The molecule has 0 bridgehead atoms. The van der Waals surface area contributed by atoms with Crippen molar-refractivity contribution in [2.75, 3.05) is 0 Å². The number of thiazole rings is 1. The number of benzene rings is 14. The second-order valence-corrected chi connectivity index (χ2v) is 34.6. The minimum Gasteiger partial charge on any atom is -0.240 e. The normalized spacial score (nSPS) is 11.5. The van der Waals surface area contributed by atoms with Crippen molar-refractivity contribution in [3.8, 4) is 17.3 Å². The van der Waals surface area contributed by atoms with E-state index in [1.165, 1.54) is 63.7 Å². The first-order valence-corrected chi connectivity index (χ1v) is 40.5. The van der Waals surface area contributed by atoms with Crippen LogP contribution in [0.2, 0.25) is 10.0 Å². The van der Waals surface area contributed by atoms with Crippen molar-refractivity contribution in [3.05, 3.63) is 438 Å². The molecule has 10 heteroatoms. The van der Waals surface area contributed by atoms with E-state index in [1.807, 2.05) is 30.3 Å². The number of hydrogen-bond donors (Lipinski definition) is 0. The van der Waals surface area contributed by atoms with Crippen LogP contribution in [0.5, 0.6) is 0 Å². The summed E-state index contributed by atoms with van der Waals surface area (Å²) in [7, 11) is -1.78. The zero-order valence-electron chi connectivity index (χ0n) is 56.3. The molecule has 102 heavy (non-hydrogen) atoms. The van der Waals surface area contributed by atoms with Crippen molar-refractivity contribution >= 4 is 130 Å². The Balaban J connectivity index is 0.000000128. The van der Waals surface area contributed by atoms with Gasteiger partial charge in [0.05, 0.1) is 22.3 Å². The van der Waals surface area contributed by atoms with Crippen LogP contribution < -0.4 is 63.7 Å². The van der Waals surface area contributed by atoms with Crippen molar-refractivity contribution in [3.63, 3.8) is 0 Å². The average Bonchev–Trinajstić information content (AvgIpc) is 1.57. The molecule has 0 unspecified atom stereocenters. The number of hydrogen-bond acceptors (Lipinski definition) is 3. The monoisotopic (exact) mass is 1540 g/mol. The molecule has 0 N–H and O–H groups in total. The summed E-state index contributed by atoms with van der Waals surface area (Å²) in [6, 6.07) is 145. The van der Waals surface area contributed by atoms with E-state index in [0.717, 1.165) is 45.1 Å². The Bertz CT molecular complexity index is 4130. The van der Waals surface area contributed by atoms with Crippen LogP contribution in [0, 0.1) is 18.3 Å². The van der Waals surface area contributed by atoms with E-state index < -0.39 is 31.7 Å². The summed E-state index contributed by atoms with van der Waals surface area (Å²) in [5.74, 6) is 0. The molecular formula is C92H74Cl2N2P4PdS. The summed E-state index contributed by atoms with van der Waals surface area (Å²) in [4.78, 5) is 6.06. The van der Waals surface area contributed by atoms with E-state index in [0.29, 0.717) is 10.0 Å². The number of nitrogens with zero attached hydrogens (tertiary/aromatic N) is 2. The minimum atomic E-state index is -0.446. The van der Waals surface area contributed by atoms with E-state index in [2.05, 4.69) is 383 Å². The quantitative estimate of drug-likeness (QED) is 0.0758. The van der Waals surface area contributed by atoms with Crippen molar-refractivity contribution < 1.29 is 20.4 Å². The predicted molar refractivity (Wildman–Crippen MR) is 444 cm³/mol. The van der Waals surface area contributed by atoms with Crippen molar-refractivity contribution in [1.82, 2.24) is 4.98 Å². The van der Waals surface area contributed by atoms with E-state index >= 15 is 0 Å². The maximum absolute atomic E-state index is 9.46. The molecule has 2 nitrogen and oxygen atoms in total. The van der Waals surface area contributed by atoms with Gasteiger partial charge in [-0.3, -0.25) is 0 Å². The first-order valence-electron chi connectivity index (χ1n) is 33.6. The molecule has 1 aliphatic carbocycles. The molecule has 0 atom stereocenters. The van der Waals surface area contributed by atoms with Crippen LogP contribution in [0.1, 0.15) is 33.9 Å². The molecule has 15 aromatic rings. The van der Waals surface area contributed by atoms with Gasteiger partial charge in [-0.1, -0.05) is 405 Å². The van der Waals surface area contributed by atoms with Gasteiger partial charge < -0.3 is 0 Å². The summed E-state index contributed by atoms with van der Waals surface area (Å²) in [5.41, 5.74) is 3.50. The average molecular weight is 1540 g/mol. The number of nitriles is 1. The fourth-order valence-corrected chi connectivity index (χ4v) is 22.9. The van der Waals surface area contributed by atoms with Crippen molar-refractivity contribution in [1.29, 1.82) is 5.26 Å². The van der Waals surface area contributed by atoms with Crippen LogP contribution >= 0.6 is 66.2 Å². The number of aromatic nitrogens is 1. The molecule has 1 saturated carbocycles. The first kappa shape index (κ1) is 74.4. The van der Waals surface area contributed by atoms with Crippen LogP contribution in [-0.4, -0.2) is 4.98 Å². The van der Waals surface area contributed by atoms with Crippen LogP contribution in [-0.2, 0) is 25.8 Å². The molecule has 16 rings (SSSR count). The molecule has 1 aromatic heterocycles. The molecule has 502 valence electrons. The summed E-state index contributed by atoms with van der Waals surface area (Å²) in [6.07, 6.45) is 2.04. The molecule has 1 fully saturated rings. The standard InChI is InChI=1S/C20H14Cl2N2S.4C18H15P.Pd/c1-12-18(15-7-6-14(21)10-17(15)22)24-19(25-12)20(8-9-20)16-5-3-2-4-13(16)11-23;4*1-4-10-16(11-5-1)19(17-12-6-2-7-13-17)18-14-8-3-9-15-18;/h2-7,10H,8-9H2,1H3;4*1-15H;. The molecule has 1 aliphatic rings. The number of rotatable bonds is 15. The van der Waals surface area contributed by atoms with E-state index in [-0.39, 0.29) is 25.8 Å². The van der Waals surface area contributed by atoms with Gasteiger partial charge in [-0.25, -0.2) is 4.98 Å². The largest absolute Gasteiger partial charge is 0.240 e. The maximum Gasteiger partial charge on any atom is 0.104 e. The minimum absolute atomic E-state index is 0. The van der Waals surface area contributed by atoms with E-state index in [9.17, 15) is 5.26 Å². The maximum atomic E-state index is 9.46. The Labute approximate surface area is 635 Å². The van der Waals surface area contributed by atoms with Gasteiger partial charge in [-0.05, 0) is 145 Å². The zero-order valence-corrected chi connectivity index (χ0v) is 63.7. The van der Waals surface area contributed by atoms with Crippen molar-refractivity contribution in [2.45, 2.75) is 25.2 Å². The third kappa shape index (κ3) is 19.7. The van der Waals surface area contributed by atoms with Crippen LogP contribution in [0.4, 0.5) is 0 Å². The number of aryl methyl sites for hydroxylation is 1. The van der Waals surface area contributed by atoms with Gasteiger partial charge in [-0.15, -0.1) is 11.3 Å². The molecular weight excluding hydrogens is 1470 g/mol. The SMILES string of the molecule is Cc1sc(C2(c3ccccc3C#N)CC2)nc1-c1ccc(Cl)cc1Cl.[Pd].c1ccc(P(c2ccccc2)c2ccccc2)cc1.c1ccc(P(c2ccccc2)c2ccccc2)cc1.c1ccc(P(c2ccccc2)c2ccccc2)cc1.c1ccc(P(c2ccccc2)c2ccccc2)cc1. The van der Waals surface area contributed by atoms with Crippen LogP contribution in [0.15, 0.2) is 406 Å².